The maximum Gasteiger partial charge on any atom is 0.417 e. The molecule has 324 valence electrons. The third kappa shape index (κ3) is 10.1. The maximum atomic E-state index is 14.3. The van der Waals surface area contributed by atoms with Gasteiger partial charge in [-0.05, 0) is 94.6 Å². The van der Waals surface area contributed by atoms with Gasteiger partial charge in [-0.1, -0.05) is 11.6 Å². The second-order valence-corrected chi connectivity index (χ2v) is 16.5. The summed E-state index contributed by atoms with van der Waals surface area (Å²) < 4.78 is 90.2. The van der Waals surface area contributed by atoms with E-state index in [-0.39, 0.29) is 85.2 Å². The number of rotatable bonds is 11. The predicted octanol–water partition coefficient (Wildman–Crippen LogP) is 5.67. The molecule has 21 heteroatoms. The molecule has 0 radical (unpaired) electrons. The molecule has 4 fully saturated rings. The van der Waals surface area contributed by atoms with Crippen molar-refractivity contribution in [3.8, 4) is 6.07 Å². The summed E-state index contributed by atoms with van der Waals surface area (Å²) >= 11 is 11.9. The number of anilines is 3. The van der Waals surface area contributed by atoms with Gasteiger partial charge in [0.25, 0.3) is 5.91 Å². The molecule has 4 aliphatic rings. The van der Waals surface area contributed by atoms with Crippen molar-refractivity contribution in [3.05, 3.63) is 52.5 Å². The molecule has 3 N–H and O–H groups in total. The van der Waals surface area contributed by atoms with Crippen molar-refractivity contribution in [3.63, 3.8) is 0 Å². The second-order valence-electron chi connectivity index (χ2n) is 15.7. The Morgan fingerprint density at radius 2 is 1.72 bits per heavy atom. The number of hydrogen-bond acceptors (Lipinski definition) is 10. The van der Waals surface area contributed by atoms with Crippen LogP contribution in [0.25, 0.3) is 0 Å². The lowest BCUT2D eigenvalue weighted by Gasteiger charge is -2.42. The van der Waals surface area contributed by atoms with E-state index in [2.05, 4.69) is 16.0 Å². The van der Waals surface area contributed by atoms with Gasteiger partial charge in [0.15, 0.2) is 5.11 Å². The van der Waals surface area contributed by atoms with Crippen molar-refractivity contribution in [2.24, 2.45) is 0 Å². The molecular weight excluding hydrogens is 842 g/mol. The molecule has 13 nitrogen and oxygen atoms in total. The molecule has 2 aromatic carbocycles. The summed E-state index contributed by atoms with van der Waals surface area (Å²) in [6, 6.07) is 6.14. The van der Waals surface area contributed by atoms with E-state index < -0.39 is 65.4 Å². The molecule has 3 aliphatic heterocycles. The Morgan fingerprint density at radius 1 is 1.02 bits per heavy atom. The molecule has 60 heavy (non-hydrogen) atoms. The number of ether oxygens (including phenoxy) is 1. The molecule has 0 aromatic heterocycles. The van der Waals surface area contributed by atoms with E-state index in [0.717, 1.165) is 21.9 Å². The third-order valence-corrected chi connectivity index (χ3v) is 11.8. The summed E-state index contributed by atoms with van der Waals surface area (Å²) in [5.41, 5.74) is -2.41. The van der Waals surface area contributed by atoms with Crippen LogP contribution in [-0.4, -0.2) is 119 Å². The first-order chi connectivity index (χ1) is 28.1. The summed E-state index contributed by atoms with van der Waals surface area (Å²) in [5, 5.41) is 17.2. The van der Waals surface area contributed by atoms with Crippen molar-refractivity contribution in [2.75, 3.05) is 54.9 Å². The number of benzene rings is 2. The molecular formula is C39H43ClF6N8O5S. The number of nitriles is 1. The molecule has 0 spiro atoms. The summed E-state index contributed by atoms with van der Waals surface area (Å²) in [5.74, 6) is -2.08. The van der Waals surface area contributed by atoms with E-state index in [1.165, 1.54) is 30.3 Å². The Hall–Kier alpha value is -4.55. The van der Waals surface area contributed by atoms with Crippen LogP contribution in [0.2, 0.25) is 5.02 Å². The van der Waals surface area contributed by atoms with Crippen LogP contribution in [0, 0.1) is 11.3 Å². The zero-order valence-electron chi connectivity index (χ0n) is 32.6. The summed E-state index contributed by atoms with van der Waals surface area (Å²) in [6.07, 6.45) is -7.08. The molecule has 2 aromatic rings. The number of nitrogens with one attached hydrogen (secondary N) is 3. The summed E-state index contributed by atoms with van der Waals surface area (Å²) in [4.78, 5) is 55.8. The zero-order chi connectivity index (χ0) is 43.7. The Morgan fingerprint density at radius 3 is 2.37 bits per heavy atom. The van der Waals surface area contributed by atoms with Gasteiger partial charge in [-0.25, -0.2) is 0 Å². The highest BCUT2D eigenvalue weighted by atomic mass is 35.5. The Bertz CT molecular complexity index is 2060. The Kier molecular flexibility index (Phi) is 13.4. The topological polar surface area (TPSA) is 150 Å². The Balaban J connectivity index is 0.980. The first kappa shape index (κ1) is 45.0. The minimum Gasteiger partial charge on any atom is -0.377 e. The van der Waals surface area contributed by atoms with Crippen LogP contribution >= 0.6 is 23.8 Å². The molecule has 4 amide bonds. The van der Waals surface area contributed by atoms with Gasteiger partial charge in [0, 0.05) is 55.0 Å². The third-order valence-electron chi connectivity index (χ3n) is 11.2. The van der Waals surface area contributed by atoms with E-state index in [9.17, 15) is 50.8 Å². The fraction of sp³-hybridized carbons (Fsp3) is 0.538. The van der Waals surface area contributed by atoms with Crippen molar-refractivity contribution in [1.82, 2.24) is 20.0 Å². The number of thiocarbonyl (C=S) groups is 1. The normalized spacial score (nSPS) is 24.3. The average Bonchev–Trinajstić information content (AvgIpc) is 3.34. The second kappa shape index (κ2) is 17.8. The SMILES string of the molecule is CC1(C)C(=O)N(c2ccc(C#N)c(C(F)(F)F)c2)C(=S)N1[C@H]1CC[C@H](OCCN2CCN(CC(=O)Nc3cc(Cl)cc(NC4CCC(=O)NC4=O)c3)[C@@H](C(F)(F)F)C2)CC1. The monoisotopic (exact) mass is 884 g/mol. The van der Waals surface area contributed by atoms with Crippen LogP contribution in [0.1, 0.15) is 63.5 Å². The number of halogens is 7. The lowest BCUT2D eigenvalue weighted by atomic mass is 9.89. The number of piperidine rings is 1. The van der Waals surface area contributed by atoms with Crippen molar-refractivity contribution in [1.29, 1.82) is 5.26 Å². The number of carbonyl (C=O) groups excluding carboxylic acids is 4. The van der Waals surface area contributed by atoms with Gasteiger partial charge in [-0.2, -0.15) is 31.6 Å². The number of alkyl halides is 6. The molecule has 2 atom stereocenters. The molecule has 1 saturated carbocycles. The van der Waals surface area contributed by atoms with Crippen molar-refractivity contribution >= 4 is 69.6 Å². The first-order valence-electron chi connectivity index (χ1n) is 19.3. The van der Waals surface area contributed by atoms with Crippen LogP contribution in [0.15, 0.2) is 36.4 Å². The van der Waals surface area contributed by atoms with Crippen LogP contribution in [0.5, 0.6) is 0 Å². The van der Waals surface area contributed by atoms with Gasteiger partial charge < -0.3 is 20.3 Å². The highest BCUT2D eigenvalue weighted by Crippen LogP contribution is 2.41. The number of piperazine rings is 1. The highest BCUT2D eigenvalue weighted by Gasteiger charge is 2.53. The zero-order valence-corrected chi connectivity index (χ0v) is 34.2. The number of amides is 4. The molecule has 1 aliphatic carbocycles. The van der Waals surface area contributed by atoms with E-state index in [1.54, 1.807) is 23.6 Å². The van der Waals surface area contributed by atoms with Gasteiger partial charge in [0.05, 0.1) is 42.1 Å². The number of hydrogen-bond donors (Lipinski definition) is 3. The van der Waals surface area contributed by atoms with Crippen LogP contribution in [0.3, 0.4) is 0 Å². The molecule has 6 rings (SSSR count). The summed E-state index contributed by atoms with van der Waals surface area (Å²) in [7, 11) is 0. The van der Waals surface area contributed by atoms with Gasteiger partial charge in [-0.3, -0.25) is 39.2 Å². The van der Waals surface area contributed by atoms with Crippen molar-refractivity contribution in [2.45, 2.75) is 94.5 Å². The predicted molar refractivity (Wildman–Crippen MR) is 212 cm³/mol. The number of nitrogens with zero attached hydrogens (tertiary/aromatic N) is 5. The first-order valence-corrected chi connectivity index (χ1v) is 20.1. The number of imide groups is 1. The molecule has 3 saturated heterocycles. The van der Waals surface area contributed by atoms with Gasteiger partial charge in [0.1, 0.15) is 17.6 Å². The maximum absolute atomic E-state index is 14.3. The Labute approximate surface area is 352 Å². The van der Waals surface area contributed by atoms with Gasteiger partial charge in [0.2, 0.25) is 17.7 Å². The highest BCUT2D eigenvalue weighted by molar-refractivity contribution is 7.80. The minimum absolute atomic E-state index is 0.0399. The molecule has 3 heterocycles. The van der Waals surface area contributed by atoms with Crippen molar-refractivity contribution < 1.29 is 50.3 Å². The standard InChI is InChI=1S/C39H43ClF6N8O5S/c1-37(2)35(58)53(27-4-3-22(19-47)29(18-27)38(41,42)43)36(60)54(37)26-5-7-28(8-6-26)59-14-13-51-11-12-52(31(20-51)39(44,45)46)21-33(56)49-25-16-23(40)15-24(17-25)48-30-9-10-32(55)50-34(30)57/h3-4,15-18,26,28,30-31,48H,5-14,20-21H2,1-2H3,(H,49,56)(H,50,55,57)/t26-,28-,30?,31-/m1/s1. The molecule has 0 bridgehead atoms. The van der Waals surface area contributed by atoms with Crippen LogP contribution in [0.4, 0.5) is 43.4 Å². The van der Waals surface area contributed by atoms with Gasteiger partial charge >= 0.3 is 12.4 Å². The summed E-state index contributed by atoms with van der Waals surface area (Å²) in [6.45, 7) is 2.98. The lowest BCUT2D eigenvalue weighted by Crippen LogP contribution is -2.60. The minimum atomic E-state index is -4.82. The largest absolute Gasteiger partial charge is 0.417 e. The van der Waals surface area contributed by atoms with E-state index in [4.69, 9.17) is 28.6 Å². The van der Waals surface area contributed by atoms with Crippen LogP contribution in [-0.2, 0) is 30.1 Å². The quantitative estimate of drug-likeness (QED) is 0.146. The fourth-order valence-electron chi connectivity index (χ4n) is 8.22. The average molecular weight is 885 g/mol. The van der Waals surface area contributed by atoms with E-state index >= 15 is 0 Å². The van der Waals surface area contributed by atoms with E-state index in [0.29, 0.717) is 31.4 Å². The van der Waals surface area contributed by atoms with Gasteiger partial charge in [-0.15, -0.1) is 0 Å². The molecule has 1 unspecified atom stereocenters. The number of carbonyl (C=O) groups is 4. The lowest BCUT2D eigenvalue weighted by molar-refractivity contribution is -0.197. The van der Waals surface area contributed by atoms with E-state index in [1.807, 2.05) is 0 Å². The smallest absolute Gasteiger partial charge is 0.377 e. The fourth-order valence-corrected chi connectivity index (χ4v) is 9.02. The van der Waals surface area contributed by atoms with Crippen LogP contribution < -0.4 is 20.9 Å².